The lowest BCUT2D eigenvalue weighted by atomic mass is 9.65. The molecule has 3 fully saturated rings. The van der Waals surface area contributed by atoms with Crippen LogP contribution in [0.3, 0.4) is 0 Å². The van der Waals surface area contributed by atoms with Crippen LogP contribution in [0.4, 0.5) is 0 Å². The summed E-state index contributed by atoms with van der Waals surface area (Å²) in [6.45, 7) is 1.83. The molecular formula is C23H35ClN2O2. The standard InChI is InChI=1S/C23H34N2O2.ClH/c1-27-21-8-3-2-5-17(21)13-16-9-11-25(12-10-16)23(26)20-14-18-6-4-7-19(15-20)22(18)24;/h2-3,5,8,16,18-20,22H,4,6-7,9-15,24H2,1H3;1H. The van der Waals surface area contributed by atoms with E-state index in [0.29, 0.717) is 29.7 Å². The van der Waals surface area contributed by atoms with E-state index in [4.69, 9.17) is 10.5 Å². The number of carbonyl (C=O) groups excluding carboxylic acids is 1. The number of nitrogens with zero attached hydrogens (tertiary/aromatic N) is 1. The third-order valence-electron chi connectivity index (χ3n) is 7.39. The monoisotopic (exact) mass is 406 g/mol. The molecule has 1 aliphatic heterocycles. The zero-order valence-corrected chi connectivity index (χ0v) is 17.8. The van der Waals surface area contributed by atoms with Gasteiger partial charge in [0, 0.05) is 25.0 Å². The first-order chi connectivity index (χ1) is 13.2. The molecule has 3 aliphatic rings. The van der Waals surface area contributed by atoms with E-state index < -0.39 is 0 Å². The number of carbonyl (C=O) groups is 1. The Kier molecular flexibility index (Phi) is 7.27. The molecule has 1 saturated heterocycles. The lowest BCUT2D eigenvalue weighted by Crippen LogP contribution is -2.50. The molecule has 2 saturated carbocycles. The molecular weight excluding hydrogens is 372 g/mol. The van der Waals surface area contributed by atoms with Gasteiger partial charge in [-0.05, 0) is 74.3 Å². The minimum atomic E-state index is 0. The summed E-state index contributed by atoms with van der Waals surface area (Å²) in [5.74, 6) is 3.43. The van der Waals surface area contributed by atoms with Gasteiger partial charge in [0.1, 0.15) is 5.75 Å². The Morgan fingerprint density at radius 3 is 2.39 bits per heavy atom. The second kappa shape index (κ2) is 9.49. The highest BCUT2D eigenvalue weighted by Crippen LogP contribution is 2.42. The number of halogens is 1. The summed E-state index contributed by atoms with van der Waals surface area (Å²) in [4.78, 5) is 15.3. The number of hydrogen-bond acceptors (Lipinski definition) is 3. The Balaban J connectivity index is 0.00000225. The number of para-hydroxylation sites is 1. The second-order valence-corrected chi connectivity index (χ2v) is 8.98. The van der Waals surface area contributed by atoms with Gasteiger partial charge in [-0.2, -0.15) is 0 Å². The van der Waals surface area contributed by atoms with E-state index in [1.807, 2.05) is 12.1 Å². The molecule has 2 bridgehead atoms. The lowest BCUT2D eigenvalue weighted by Gasteiger charge is -2.45. The van der Waals surface area contributed by atoms with Gasteiger partial charge in [-0.25, -0.2) is 0 Å². The van der Waals surface area contributed by atoms with Crippen molar-refractivity contribution in [3.8, 4) is 5.75 Å². The van der Waals surface area contributed by atoms with Gasteiger partial charge in [0.2, 0.25) is 5.91 Å². The van der Waals surface area contributed by atoms with E-state index in [-0.39, 0.29) is 18.3 Å². The number of piperidine rings is 1. The van der Waals surface area contributed by atoms with Gasteiger partial charge in [-0.3, -0.25) is 4.79 Å². The summed E-state index contributed by atoms with van der Waals surface area (Å²) in [6, 6.07) is 8.66. The van der Waals surface area contributed by atoms with Crippen molar-refractivity contribution in [3.05, 3.63) is 29.8 Å². The fourth-order valence-electron chi connectivity index (χ4n) is 5.79. The Labute approximate surface area is 175 Å². The van der Waals surface area contributed by atoms with Crippen LogP contribution in [0, 0.1) is 23.7 Å². The Hall–Kier alpha value is -1.26. The highest BCUT2D eigenvalue weighted by atomic mass is 35.5. The number of likely N-dealkylation sites (tertiary alicyclic amines) is 1. The summed E-state index contributed by atoms with van der Waals surface area (Å²) < 4.78 is 5.50. The van der Waals surface area contributed by atoms with Gasteiger partial charge in [-0.1, -0.05) is 24.6 Å². The van der Waals surface area contributed by atoms with E-state index in [0.717, 1.165) is 50.9 Å². The van der Waals surface area contributed by atoms with E-state index >= 15 is 0 Å². The zero-order chi connectivity index (χ0) is 18.8. The predicted octanol–water partition coefficient (Wildman–Crippen LogP) is 4.05. The summed E-state index contributed by atoms with van der Waals surface area (Å²) in [6.07, 6.45) is 9.05. The van der Waals surface area contributed by atoms with Crippen molar-refractivity contribution in [2.45, 2.75) is 57.4 Å². The molecule has 0 aromatic heterocycles. The quantitative estimate of drug-likeness (QED) is 0.820. The van der Waals surface area contributed by atoms with Crippen molar-refractivity contribution in [1.29, 1.82) is 0 Å². The Morgan fingerprint density at radius 2 is 1.75 bits per heavy atom. The normalized spacial score (nSPS) is 30.4. The number of methoxy groups -OCH3 is 1. The maximum absolute atomic E-state index is 13.1. The smallest absolute Gasteiger partial charge is 0.225 e. The first-order valence-corrected chi connectivity index (χ1v) is 10.8. The van der Waals surface area contributed by atoms with Gasteiger partial charge < -0.3 is 15.4 Å². The molecule has 2 N–H and O–H groups in total. The van der Waals surface area contributed by atoms with Crippen molar-refractivity contribution in [2.75, 3.05) is 20.2 Å². The molecule has 1 aromatic carbocycles. The van der Waals surface area contributed by atoms with E-state index in [9.17, 15) is 4.79 Å². The van der Waals surface area contributed by atoms with E-state index in [1.54, 1.807) is 7.11 Å². The van der Waals surface area contributed by atoms with Gasteiger partial charge >= 0.3 is 0 Å². The maximum Gasteiger partial charge on any atom is 0.225 e. The first kappa shape index (κ1) is 21.4. The lowest BCUT2D eigenvalue weighted by molar-refractivity contribution is -0.140. The Morgan fingerprint density at radius 1 is 1.11 bits per heavy atom. The van der Waals surface area contributed by atoms with E-state index in [2.05, 4.69) is 17.0 Å². The molecule has 2 aliphatic carbocycles. The SMILES string of the molecule is COc1ccccc1CC1CCN(C(=O)C2CC3CCCC(C2)C3N)CC1.Cl. The first-order valence-electron chi connectivity index (χ1n) is 10.8. The number of benzene rings is 1. The largest absolute Gasteiger partial charge is 0.496 e. The number of rotatable bonds is 4. The average molecular weight is 407 g/mol. The predicted molar refractivity (Wildman–Crippen MR) is 115 cm³/mol. The van der Waals surface area contributed by atoms with Crippen LogP contribution >= 0.6 is 12.4 Å². The minimum Gasteiger partial charge on any atom is -0.496 e. The number of nitrogens with two attached hydrogens (primary N) is 1. The fourth-order valence-corrected chi connectivity index (χ4v) is 5.79. The second-order valence-electron chi connectivity index (χ2n) is 8.98. The molecule has 1 heterocycles. The minimum absolute atomic E-state index is 0. The van der Waals surface area contributed by atoms with Crippen molar-refractivity contribution in [3.63, 3.8) is 0 Å². The number of fused-ring (bicyclic) bond motifs is 2. The molecule has 156 valence electrons. The van der Waals surface area contributed by atoms with E-state index in [1.165, 1.54) is 24.8 Å². The highest BCUT2D eigenvalue weighted by Gasteiger charge is 2.42. The summed E-state index contributed by atoms with van der Waals surface area (Å²) in [5, 5.41) is 0. The number of hydrogen-bond donors (Lipinski definition) is 1. The Bertz CT molecular complexity index is 646. The fraction of sp³-hybridized carbons (Fsp3) is 0.696. The number of ether oxygens (including phenoxy) is 1. The molecule has 28 heavy (non-hydrogen) atoms. The van der Waals surface area contributed by atoms with Crippen LogP contribution in [0.25, 0.3) is 0 Å². The molecule has 5 heteroatoms. The van der Waals surface area contributed by atoms with Crippen LogP contribution in [0.5, 0.6) is 5.75 Å². The van der Waals surface area contributed by atoms with Crippen LogP contribution in [0.2, 0.25) is 0 Å². The van der Waals surface area contributed by atoms with Crippen LogP contribution in [-0.4, -0.2) is 37.0 Å². The molecule has 1 amide bonds. The average Bonchev–Trinajstić information content (AvgIpc) is 2.68. The van der Waals surface area contributed by atoms with Crippen LogP contribution < -0.4 is 10.5 Å². The third-order valence-corrected chi connectivity index (χ3v) is 7.39. The third kappa shape index (κ3) is 4.49. The summed E-state index contributed by atoms with van der Waals surface area (Å²) in [7, 11) is 1.74. The molecule has 0 radical (unpaired) electrons. The zero-order valence-electron chi connectivity index (χ0n) is 17.0. The van der Waals surface area contributed by atoms with Crippen molar-refractivity contribution in [2.24, 2.45) is 29.4 Å². The van der Waals surface area contributed by atoms with Gasteiger partial charge in [-0.15, -0.1) is 12.4 Å². The van der Waals surface area contributed by atoms with Crippen molar-refractivity contribution < 1.29 is 9.53 Å². The molecule has 4 rings (SSSR count). The van der Waals surface area contributed by atoms with Crippen LogP contribution in [-0.2, 0) is 11.2 Å². The topological polar surface area (TPSA) is 55.6 Å². The van der Waals surface area contributed by atoms with Crippen LogP contribution in [0.15, 0.2) is 24.3 Å². The number of amides is 1. The van der Waals surface area contributed by atoms with Gasteiger partial charge in [0.05, 0.1) is 7.11 Å². The van der Waals surface area contributed by atoms with Gasteiger partial charge in [0.15, 0.2) is 0 Å². The maximum atomic E-state index is 13.1. The van der Waals surface area contributed by atoms with Crippen molar-refractivity contribution in [1.82, 2.24) is 4.90 Å². The van der Waals surface area contributed by atoms with Crippen LogP contribution in [0.1, 0.15) is 50.5 Å². The molecule has 4 nitrogen and oxygen atoms in total. The molecule has 2 unspecified atom stereocenters. The summed E-state index contributed by atoms with van der Waals surface area (Å²) in [5.41, 5.74) is 7.70. The van der Waals surface area contributed by atoms with Crippen molar-refractivity contribution >= 4 is 18.3 Å². The molecule has 1 aromatic rings. The molecule has 2 atom stereocenters. The highest BCUT2D eigenvalue weighted by molar-refractivity contribution is 5.85. The molecule has 0 spiro atoms. The summed E-state index contributed by atoms with van der Waals surface area (Å²) >= 11 is 0. The van der Waals surface area contributed by atoms with Gasteiger partial charge in [0.25, 0.3) is 0 Å².